The number of nitrogens with zero attached hydrogens (tertiary/aromatic N) is 1. The van der Waals surface area contributed by atoms with Gasteiger partial charge in [0.15, 0.2) is 0 Å². The van der Waals surface area contributed by atoms with Crippen LogP contribution in [-0.4, -0.2) is 17.7 Å². The Balaban J connectivity index is 1.85. The predicted octanol–water partition coefficient (Wildman–Crippen LogP) is 3.07. The summed E-state index contributed by atoms with van der Waals surface area (Å²) in [5, 5.41) is 24.4. The quantitative estimate of drug-likeness (QED) is 0.810. The molecule has 0 spiro atoms. The van der Waals surface area contributed by atoms with E-state index in [0.717, 1.165) is 0 Å². The normalized spacial score (nSPS) is 11.3. The van der Waals surface area contributed by atoms with Gasteiger partial charge in [-0.05, 0) is 42.0 Å². The minimum Gasteiger partial charge on any atom is -0.387 e. The van der Waals surface area contributed by atoms with Gasteiger partial charge in [0, 0.05) is 17.3 Å². The molecule has 0 aliphatic carbocycles. The smallest absolute Gasteiger partial charge is 0.319 e. The minimum absolute atomic E-state index is 0.0580. The van der Waals surface area contributed by atoms with Crippen molar-refractivity contribution in [3.63, 3.8) is 0 Å². The number of nitriles is 1. The molecule has 0 aliphatic rings. The van der Waals surface area contributed by atoms with E-state index in [1.54, 1.807) is 48.5 Å². The van der Waals surface area contributed by atoms with Gasteiger partial charge in [-0.15, -0.1) is 0 Å². The summed E-state index contributed by atoms with van der Waals surface area (Å²) in [5.41, 5.74) is 1.71. The van der Waals surface area contributed by atoms with Gasteiger partial charge in [0.25, 0.3) is 0 Å². The number of urea groups is 1. The van der Waals surface area contributed by atoms with Crippen molar-refractivity contribution < 1.29 is 9.90 Å². The van der Waals surface area contributed by atoms with Crippen LogP contribution in [0.1, 0.15) is 17.2 Å². The molecule has 22 heavy (non-hydrogen) atoms. The summed E-state index contributed by atoms with van der Waals surface area (Å²) in [5.74, 6) is 0. The number of aliphatic hydroxyl groups excluding tert-OH is 1. The van der Waals surface area contributed by atoms with E-state index in [4.69, 9.17) is 16.9 Å². The van der Waals surface area contributed by atoms with Gasteiger partial charge in [0.2, 0.25) is 0 Å². The number of nitrogens with one attached hydrogen (secondary N) is 2. The summed E-state index contributed by atoms with van der Waals surface area (Å²) >= 11 is 5.85. The summed E-state index contributed by atoms with van der Waals surface area (Å²) < 4.78 is 0. The summed E-state index contributed by atoms with van der Waals surface area (Å²) in [4.78, 5) is 11.7. The van der Waals surface area contributed by atoms with E-state index in [2.05, 4.69) is 10.6 Å². The first-order valence-corrected chi connectivity index (χ1v) is 6.95. The van der Waals surface area contributed by atoms with Gasteiger partial charge < -0.3 is 15.7 Å². The lowest BCUT2D eigenvalue weighted by molar-refractivity contribution is 0.175. The molecule has 5 nitrogen and oxygen atoms in total. The van der Waals surface area contributed by atoms with Gasteiger partial charge in [-0.2, -0.15) is 5.26 Å². The summed E-state index contributed by atoms with van der Waals surface area (Å²) in [6, 6.07) is 14.9. The maximum absolute atomic E-state index is 11.7. The average Bonchev–Trinajstić information content (AvgIpc) is 2.53. The van der Waals surface area contributed by atoms with Gasteiger partial charge in [-0.25, -0.2) is 4.79 Å². The van der Waals surface area contributed by atoms with Crippen LogP contribution in [0.5, 0.6) is 0 Å². The summed E-state index contributed by atoms with van der Waals surface area (Å²) in [6.07, 6.45) is -0.842. The Labute approximate surface area is 133 Å². The van der Waals surface area contributed by atoms with Crippen molar-refractivity contribution in [2.24, 2.45) is 0 Å². The lowest BCUT2D eigenvalue weighted by Crippen LogP contribution is -2.32. The molecule has 0 saturated heterocycles. The van der Waals surface area contributed by atoms with Crippen LogP contribution in [0.4, 0.5) is 10.5 Å². The molecule has 0 saturated carbocycles. The van der Waals surface area contributed by atoms with E-state index >= 15 is 0 Å². The number of carbonyl (C=O) groups excluding carboxylic acids is 1. The first-order valence-electron chi connectivity index (χ1n) is 6.57. The molecular formula is C16H14ClN3O2. The van der Waals surface area contributed by atoms with Gasteiger partial charge >= 0.3 is 6.03 Å². The second-order valence-corrected chi connectivity index (χ2v) is 5.03. The second kappa shape index (κ2) is 7.46. The maximum Gasteiger partial charge on any atom is 0.319 e. The van der Waals surface area contributed by atoms with Crippen molar-refractivity contribution in [2.45, 2.75) is 6.10 Å². The van der Waals surface area contributed by atoms with Crippen molar-refractivity contribution in [2.75, 3.05) is 11.9 Å². The molecule has 1 atom stereocenters. The zero-order chi connectivity index (χ0) is 15.9. The highest BCUT2D eigenvalue weighted by Gasteiger charge is 2.10. The highest BCUT2D eigenvalue weighted by molar-refractivity contribution is 6.30. The van der Waals surface area contributed by atoms with Crippen molar-refractivity contribution >= 4 is 23.3 Å². The van der Waals surface area contributed by atoms with Gasteiger partial charge in [0.05, 0.1) is 17.7 Å². The number of halogens is 1. The lowest BCUT2D eigenvalue weighted by Gasteiger charge is -2.13. The predicted molar refractivity (Wildman–Crippen MR) is 84.6 cm³/mol. The Morgan fingerprint density at radius 3 is 2.64 bits per heavy atom. The molecule has 0 unspecified atom stereocenters. The minimum atomic E-state index is -0.842. The number of amides is 2. The third-order valence-corrected chi connectivity index (χ3v) is 3.20. The Morgan fingerprint density at radius 2 is 2.00 bits per heavy atom. The number of hydrogen-bond donors (Lipinski definition) is 3. The molecule has 0 fully saturated rings. The highest BCUT2D eigenvalue weighted by atomic mass is 35.5. The van der Waals surface area contributed by atoms with Crippen molar-refractivity contribution in [1.82, 2.24) is 5.32 Å². The van der Waals surface area contributed by atoms with Crippen molar-refractivity contribution in [3.05, 3.63) is 64.7 Å². The Morgan fingerprint density at radius 1 is 1.27 bits per heavy atom. The van der Waals surface area contributed by atoms with Crippen LogP contribution in [0.15, 0.2) is 48.5 Å². The molecule has 2 rings (SSSR count). The van der Waals surface area contributed by atoms with Crippen LogP contribution in [0.25, 0.3) is 0 Å². The summed E-state index contributed by atoms with van der Waals surface area (Å²) in [7, 11) is 0. The van der Waals surface area contributed by atoms with Crippen LogP contribution in [0, 0.1) is 11.3 Å². The molecule has 2 amide bonds. The molecule has 6 heteroatoms. The molecule has 3 N–H and O–H groups in total. The van der Waals surface area contributed by atoms with Gasteiger partial charge in [0.1, 0.15) is 0 Å². The molecule has 2 aromatic carbocycles. The van der Waals surface area contributed by atoms with Crippen molar-refractivity contribution in [3.8, 4) is 6.07 Å². The van der Waals surface area contributed by atoms with Crippen LogP contribution in [-0.2, 0) is 0 Å². The molecule has 112 valence electrons. The Bertz CT molecular complexity index is 695. The maximum atomic E-state index is 11.7. The SMILES string of the molecule is N#Cc1ccc(NC(=O)NC[C@@H](O)c2cccc(Cl)c2)cc1. The van der Waals surface area contributed by atoms with E-state index < -0.39 is 12.1 Å². The lowest BCUT2D eigenvalue weighted by atomic mass is 10.1. The zero-order valence-electron chi connectivity index (χ0n) is 11.6. The van der Waals surface area contributed by atoms with Crippen LogP contribution >= 0.6 is 11.6 Å². The van der Waals surface area contributed by atoms with Gasteiger partial charge in [-0.1, -0.05) is 23.7 Å². The van der Waals surface area contributed by atoms with Crippen LogP contribution < -0.4 is 10.6 Å². The van der Waals surface area contributed by atoms with Crippen LogP contribution in [0.2, 0.25) is 5.02 Å². The number of hydrogen-bond acceptors (Lipinski definition) is 3. The third kappa shape index (κ3) is 4.48. The van der Waals surface area contributed by atoms with Gasteiger partial charge in [-0.3, -0.25) is 0 Å². The first kappa shape index (κ1) is 15.8. The fourth-order valence-electron chi connectivity index (χ4n) is 1.82. The first-order chi connectivity index (χ1) is 10.6. The molecule has 0 radical (unpaired) electrons. The molecule has 0 heterocycles. The molecule has 0 bridgehead atoms. The molecule has 0 aromatic heterocycles. The van der Waals surface area contributed by atoms with E-state index in [1.807, 2.05) is 6.07 Å². The fourth-order valence-corrected chi connectivity index (χ4v) is 2.02. The fraction of sp³-hybridized carbons (Fsp3) is 0.125. The van der Waals surface area contributed by atoms with E-state index in [9.17, 15) is 9.90 Å². The van der Waals surface area contributed by atoms with Crippen LogP contribution in [0.3, 0.4) is 0 Å². The third-order valence-electron chi connectivity index (χ3n) is 2.96. The Hall–Kier alpha value is -2.55. The number of carbonyl (C=O) groups is 1. The van der Waals surface area contributed by atoms with E-state index in [0.29, 0.717) is 21.8 Å². The molecule has 2 aromatic rings. The van der Waals surface area contributed by atoms with Crippen molar-refractivity contribution in [1.29, 1.82) is 5.26 Å². The number of benzene rings is 2. The topological polar surface area (TPSA) is 85.2 Å². The largest absolute Gasteiger partial charge is 0.387 e. The van der Waals surface area contributed by atoms with E-state index in [-0.39, 0.29) is 6.54 Å². The number of rotatable bonds is 4. The summed E-state index contributed by atoms with van der Waals surface area (Å²) in [6.45, 7) is 0.0580. The Kier molecular flexibility index (Phi) is 5.37. The standard InChI is InChI=1S/C16H14ClN3O2/c17-13-3-1-2-12(8-13)15(21)10-19-16(22)20-14-6-4-11(9-18)5-7-14/h1-8,15,21H,10H2,(H2,19,20,22)/t15-/m1/s1. The number of aliphatic hydroxyl groups is 1. The average molecular weight is 316 g/mol. The highest BCUT2D eigenvalue weighted by Crippen LogP contribution is 2.17. The molecule has 0 aliphatic heterocycles. The second-order valence-electron chi connectivity index (χ2n) is 4.59. The monoisotopic (exact) mass is 315 g/mol. The zero-order valence-corrected chi connectivity index (χ0v) is 12.3. The molecular weight excluding hydrogens is 302 g/mol. The number of anilines is 1. The van der Waals surface area contributed by atoms with E-state index in [1.165, 1.54) is 0 Å².